The topological polar surface area (TPSA) is 127 Å². The van der Waals surface area contributed by atoms with E-state index >= 15 is 0 Å². The fourth-order valence-electron chi connectivity index (χ4n) is 3.91. The summed E-state index contributed by atoms with van der Waals surface area (Å²) in [6.07, 6.45) is 8.81. The van der Waals surface area contributed by atoms with Crippen LogP contribution >= 0.6 is 0 Å². The molecule has 0 aliphatic heterocycles. The van der Waals surface area contributed by atoms with E-state index in [1.165, 1.54) is 0 Å². The summed E-state index contributed by atoms with van der Waals surface area (Å²) in [6, 6.07) is 14.8. The Labute approximate surface area is 205 Å². The Hall–Kier alpha value is -5.12. The number of hydrogen-bond acceptors (Lipinski definition) is 7. The van der Waals surface area contributed by atoms with Gasteiger partial charge in [-0.15, -0.1) is 0 Å². The number of carbonyl (C=O) groups is 1. The summed E-state index contributed by atoms with van der Waals surface area (Å²) in [7, 11) is 0. The molecule has 5 aromatic heterocycles. The van der Waals surface area contributed by atoms with Crippen LogP contribution in [0.3, 0.4) is 0 Å². The van der Waals surface area contributed by atoms with Crippen molar-refractivity contribution in [3.05, 3.63) is 91.1 Å². The van der Waals surface area contributed by atoms with Crippen LogP contribution < -0.4 is 5.32 Å². The number of aromatic amines is 1. The van der Waals surface area contributed by atoms with Crippen molar-refractivity contribution in [2.75, 3.05) is 5.32 Å². The average Bonchev–Trinajstić information content (AvgIpc) is 3.64. The average molecular weight is 477 g/mol. The number of anilines is 1. The van der Waals surface area contributed by atoms with Gasteiger partial charge in [-0.25, -0.2) is 15.0 Å². The van der Waals surface area contributed by atoms with Crippen LogP contribution in [0.1, 0.15) is 11.5 Å². The number of amides is 1. The van der Waals surface area contributed by atoms with Crippen molar-refractivity contribution < 1.29 is 9.32 Å². The number of fused-ring (bicyclic) bond motifs is 1. The molecule has 176 valence electrons. The standard InChI is InChI=1S/C26H20N8O2/c1-16-14-34(15-29-16)26-24-21(8-11-28-26)31-25(32-24)18-2-4-19(5-3-18)30-23(35)13-20-12-22(33-36-20)17-6-9-27-10-7-17/h2-12,14-15H,13H2,1H3,(H,30,35)(H,31,32). The zero-order chi connectivity index (χ0) is 24.5. The molecule has 10 heteroatoms. The highest BCUT2D eigenvalue weighted by molar-refractivity contribution is 5.92. The lowest BCUT2D eigenvalue weighted by Crippen LogP contribution is -2.13. The first-order chi connectivity index (χ1) is 17.6. The normalized spacial score (nSPS) is 11.1. The van der Waals surface area contributed by atoms with Crippen LogP contribution in [-0.4, -0.2) is 40.6 Å². The van der Waals surface area contributed by atoms with Crippen molar-refractivity contribution >= 4 is 22.6 Å². The van der Waals surface area contributed by atoms with Crippen molar-refractivity contribution in [3.63, 3.8) is 0 Å². The highest BCUT2D eigenvalue weighted by atomic mass is 16.5. The van der Waals surface area contributed by atoms with Gasteiger partial charge in [-0.3, -0.25) is 14.3 Å². The zero-order valence-corrected chi connectivity index (χ0v) is 19.2. The molecule has 10 nitrogen and oxygen atoms in total. The minimum Gasteiger partial charge on any atom is -0.360 e. The molecular weight excluding hydrogens is 456 g/mol. The van der Waals surface area contributed by atoms with E-state index < -0.39 is 0 Å². The van der Waals surface area contributed by atoms with E-state index in [1.54, 1.807) is 31.0 Å². The quantitative estimate of drug-likeness (QED) is 0.366. The lowest BCUT2D eigenvalue weighted by atomic mass is 10.1. The van der Waals surface area contributed by atoms with E-state index in [1.807, 2.05) is 60.2 Å². The number of rotatable bonds is 6. The summed E-state index contributed by atoms with van der Waals surface area (Å²) >= 11 is 0. The molecule has 6 aromatic rings. The molecule has 0 spiro atoms. The highest BCUT2D eigenvalue weighted by Crippen LogP contribution is 2.25. The number of nitrogens with one attached hydrogen (secondary N) is 2. The Bertz CT molecular complexity index is 1670. The smallest absolute Gasteiger partial charge is 0.232 e. The number of H-pyrrole nitrogens is 1. The number of nitrogens with zero attached hydrogens (tertiary/aromatic N) is 6. The van der Waals surface area contributed by atoms with E-state index in [2.05, 4.69) is 30.4 Å². The van der Waals surface area contributed by atoms with Crippen LogP contribution in [0, 0.1) is 6.92 Å². The van der Waals surface area contributed by atoms with E-state index in [4.69, 9.17) is 9.51 Å². The Kier molecular flexibility index (Phi) is 5.30. The number of carbonyl (C=O) groups excluding carboxylic acids is 1. The van der Waals surface area contributed by atoms with Gasteiger partial charge in [0.1, 0.15) is 29.1 Å². The lowest BCUT2D eigenvalue weighted by Gasteiger charge is -2.04. The minimum absolute atomic E-state index is 0.0763. The van der Waals surface area contributed by atoms with Crippen LogP contribution in [0.2, 0.25) is 0 Å². The van der Waals surface area contributed by atoms with Crippen LogP contribution in [0.5, 0.6) is 0 Å². The van der Waals surface area contributed by atoms with Crippen molar-refractivity contribution in [2.45, 2.75) is 13.3 Å². The third-order valence-electron chi connectivity index (χ3n) is 5.65. The first-order valence-corrected chi connectivity index (χ1v) is 11.2. The third-order valence-corrected chi connectivity index (χ3v) is 5.65. The maximum absolute atomic E-state index is 12.5. The fourth-order valence-corrected chi connectivity index (χ4v) is 3.91. The number of aryl methyl sites for hydroxylation is 1. The second-order valence-electron chi connectivity index (χ2n) is 8.26. The number of imidazole rings is 2. The first kappa shape index (κ1) is 21.4. The van der Waals surface area contributed by atoms with Gasteiger partial charge in [-0.05, 0) is 49.4 Å². The second-order valence-corrected chi connectivity index (χ2v) is 8.26. The van der Waals surface area contributed by atoms with Crippen LogP contribution in [0.4, 0.5) is 5.69 Å². The molecule has 36 heavy (non-hydrogen) atoms. The van der Waals surface area contributed by atoms with Gasteiger partial charge in [-0.1, -0.05) is 5.16 Å². The molecule has 1 amide bonds. The largest absolute Gasteiger partial charge is 0.360 e. The van der Waals surface area contributed by atoms with Gasteiger partial charge in [-0.2, -0.15) is 0 Å². The summed E-state index contributed by atoms with van der Waals surface area (Å²) in [5, 5.41) is 6.92. The molecule has 1 aromatic carbocycles. The van der Waals surface area contributed by atoms with Gasteiger partial charge < -0.3 is 14.8 Å². The fraction of sp³-hybridized carbons (Fsp3) is 0.0769. The molecule has 0 aliphatic carbocycles. The van der Waals surface area contributed by atoms with Gasteiger partial charge in [0.05, 0.1) is 17.6 Å². The van der Waals surface area contributed by atoms with Crippen LogP contribution in [0.25, 0.3) is 39.5 Å². The van der Waals surface area contributed by atoms with Crippen molar-refractivity contribution in [1.29, 1.82) is 0 Å². The number of benzene rings is 1. The molecule has 0 radical (unpaired) electrons. The summed E-state index contributed by atoms with van der Waals surface area (Å²) < 4.78 is 7.18. The molecule has 0 saturated carbocycles. The molecule has 0 fully saturated rings. The number of aromatic nitrogens is 7. The van der Waals surface area contributed by atoms with E-state index in [0.29, 0.717) is 28.8 Å². The van der Waals surface area contributed by atoms with E-state index in [9.17, 15) is 4.79 Å². The van der Waals surface area contributed by atoms with E-state index in [0.717, 1.165) is 27.9 Å². The maximum Gasteiger partial charge on any atom is 0.232 e. The summed E-state index contributed by atoms with van der Waals surface area (Å²) in [4.78, 5) is 33.4. The monoisotopic (exact) mass is 476 g/mol. The summed E-state index contributed by atoms with van der Waals surface area (Å²) in [6.45, 7) is 1.93. The summed E-state index contributed by atoms with van der Waals surface area (Å²) in [5.74, 6) is 1.70. The number of pyridine rings is 2. The Balaban J connectivity index is 1.16. The van der Waals surface area contributed by atoms with Gasteiger partial charge in [0.2, 0.25) is 5.91 Å². The third kappa shape index (κ3) is 4.23. The molecule has 0 atom stereocenters. The molecule has 2 N–H and O–H groups in total. The molecule has 0 aliphatic rings. The number of hydrogen-bond donors (Lipinski definition) is 2. The first-order valence-electron chi connectivity index (χ1n) is 11.2. The van der Waals surface area contributed by atoms with Crippen LogP contribution in [-0.2, 0) is 11.2 Å². The Morgan fingerprint density at radius 2 is 1.86 bits per heavy atom. The van der Waals surface area contributed by atoms with Gasteiger partial charge in [0.15, 0.2) is 5.82 Å². The molecule has 0 bridgehead atoms. The van der Waals surface area contributed by atoms with Gasteiger partial charge in [0, 0.05) is 47.7 Å². The van der Waals surface area contributed by atoms with E-state index in [-0.39, 0.29) is 12.3 Å². The molecule has 6 rings (SSSR count). The maximum atomic E-state index is 12.5. The van der Waals surface area contributed by atoms with Crippen LogP contribution in [0.15, 0.2) is 84.2 Å². The highest BCUT2D eigenvalue weighted by Gasteiger charge is 2.14. The second kappa shape index (κ2) is 8.91. The van der Waals surface area contributed by atoms with Crippen molar-refractivity contribution in [2.24, 2.45) is 0 Å². The Morgan fingerprint density at radius 3 is 2.64 bits per heavy atom. The minimum atomic E-state index is -0.199. The van der Waals surface area contributed by atoms with Crippen molar-refractivity contribution in [1.82, 2.24) is 34.6 Å². The molecule has 5 heterocycles. The summed E-state index contributed by atoms with van der Waals surface area (Å²) in [5.41, 5.74) is 5.62. The predicted molar refractivity (Wildman–Crippen MR) is 133 cm³/mol. The van der Waals surface area contributed by atoms with Gasteiger partial charge >= 0.3 is 0 Å². The molecule has 0 unspecified atom stereocenters. The Morgan fingerprint density at radius 1 is 1.03 bits per heavy atom. The van der Waals surface area contributed by atoms with Gasteiger partial charge in [0.25, 0.3) is 0 Å². The zero-order valence-electron chi connectivity index (χ0n) is 19.2. The van der Waals surface area contributed by atoms with Crippen molar-refractivity contribution in [3.8, 4) is 28.5 Å². The SMILES string of the molecule is Cc1cn(-c2nccc3[nH]c(-c4ccc(NC(=O)Cc5cc(-c6ccncc6)no5)cc4)nc23)cn1. The molecular formula is C26H20N8O2. The predicted octanol–water partition coefficient (Wildman–Crippen LogP) is 4.35. The molecule has 0 saturated heterocycles. The lowest BCUT2D eigenvalue weighted by molar-refractivity contribution is -0.115.